The van der Waals surface area contributed by atoms with Gasteiger partial charge in [0.15, 0.2) is 0 Å². The van der Waals surface area contributed by atoms with Crippen LogP contribution in [0, 0.1) is 0 Å². The van der Waals surface area contributed by atoms with Crippen LogP contribution in [-0.2, 0) is 13.1 Å². The maximum atomic E-state index is 12.7. The van der Waals surface area contributed by atoms with Crippen LogP contribution in [0.2, 0.25) is 0 Å². The lowest BCUT2D eigenvalue weighted by atomic mass is 10.0. The first-order valence-corrected chi connectivity index (χ1v) is 9.52. The lowest BCUT2D eigenvalue weighted by Crippen LogP contribution is -2.48. The van der Waals surface area contributed by atoms with Gasteiger partial charge in [0.2, 0.25) is 0 Å². The molecule has 0 saturated carbocycles. The van der Waals surface area contributed by atoms with E-state index in [9.17, 15) is 4.79 Å². The minimum atomic E-state index is 0.114. The predicted molar refractivity (Wildman–Crippen MR) is 109 cm³/mol. The lowest BCUT2D eigenvalue weighted by Gasteiger charge is -2.35. The van der Waals surface area contributed by atoms with E-state index in [1.807, 2.05) is 29.2 Å². The zero-order chi connectivity index (χ0) is 18.6. The molecule has 3 aromatic carbocycles. The summed E-state index contributed by atoms with van der Waals surface area (Å²) in [6.07, 6.45) is 0. The SMILES string of the molecule is NCc1ccc(C(=O)N2CCN(Cc3cccc4ccccc34)CC2)cc1. The van der Waals surface area contributed by atoms with Crippen LogP contribution in [-0.4, -0.2) is 41.9 Å². The topological polar surface area (TPSA) is 49.6 Å². The van der Waals surface area contributed by atoms with Crippen molar-refractivity contribution in [2.45, 2.75) is 13.1 Å². The molecule has 0 radical (unpaired) electrons. The van der Waals surface area contributed by atoms with Crippen molar-refractivity contribution in [3.05, 3.63) is 83.4 Å². The monoisotopic (exact) mass is 359 g/mol. The standard InChI is InChI=1S/C23H25N3O/c24-16-18-8-10-20(11-9-18)23(27)26-14-12-25(13-15-26)17-21-6-3-5-19-4-1-2-7-22(19)21/h1-11H,12-17,24H2. The second kappa shape index (κ2) is 7.91. The van der Waals surface area contributed by atoms with Gasteiger partial charge in [-0.25, -0.2) is 0 Å². The van der Waals surface area contributed by atoms with E-state index in [-0.39, 0.29) is 5.91 Å². The van der Waals surface area contributed by atoms with Gasteiger partial charge in [-0.15, -0.1) is 0 Å². The van der Waals surface area contributed by atoms with Crippen LogP contribution in [0.5, 0.6) is 0 Å². The molecule has 1 fully saturated rings. The van der Waals surface area contributed by atoms with Crippen LogP contribution in [0.25, 0.3) is 10.8 Å². The highest BCUT2D eigenvalue weighted by Gasteiger charge is 2.22. The van der Waals surface area contributed by atoms with Crippen LogP contribution in [0.15, 0.2) is 66.7 Å². The Morgan fingerprint density at radius 1 is 0.852 bits per heavy atom. The van der Waals surface area contributed by atoms with E-state index in [1.54, 1.807) is 0 Å². The van der Waals surface area contributed by atoms with Gasteiger partial charge in [-0.1, -0.05) is 54.6 Å². The molecule has 138 valence electrons. The van der Waals surface area contributed by atoms with Gasteiger partial charge in [0.05, 0.1) is 0 Å². The summed E-state index contributed by atoms with van der Waals surface area (Å²) in [5.74, 6) is 0.114. The summed E-state index contributed by atoms with van der Waals surface area (Å²) in [5.41, 5.74) is 8.78. The smallest absolute Gasteiger partial charge is 0.253 e. The van der Waals surface area contributed by atoms with Crippen molar-refractivity contribution in [1.29, 1.82) is 0 Å². The lowest BCUT2D eigenvalue weighted by molar-refractivity contribution is 0.0629. The highest BCUT2D eigenvalue weighted by atomic mass is 16.2. The number of nitrogens with two attached hydrogens (primary N) is 1. The van der Waals surface area contributed by atoms with Crippen molar-refractivity contribution < 1.29 is 4.79 Å². The van der Waals surface area contributed by atoms with Crippen LogP contribution in [0.4, 0.5) is 0 Å². The first-order valence-electron chi connectivity index (χ1n) is 9.52. The van der Waals surface area contributed by atoms with Crippen molar-refractivity contribution in [2.24, 2.45) is 5.73 Å². The summed E-state index contributed by atoms with van der Waals surface area (Å²) >= 11 is 0. The molecule has 0 unspecified atom stereocenters. The predicted octanol–water partition coefficient (Wildman–Crippen LogP) is 3.26. The van der Waals surface area contributed by atoms with Crippen molar-refractivity contribution >= 4 is 16.7 Å². The number of rotatable bonds is 4. The molecule has 3 aromatic rings. The van der Waals surface area contributed by atoms with Gasteiger partial charge >= 0.3 is 0 Å². The third-order valence-electron chi connectivity index (χ3n) is 5.37. The molecule has 0 aromatic heterocycles. The summed E-state index contributed by atoms with van der Waals surface area (Å²) in [6, 6.07) is 22.6. The summed E-state index contributed by atoms with van der Waals surface area (Å²) < 4.78 is 0. The van der Waals surface area contributed by atoms with Crippen molar-refractivity contribution in [2.75, 3.05) is 26.2 Å². The average Bonchev–Trinajstić information content (AvgIpc) is 2.74. The minimum absolute atomic E-state index is 0.114. The Morgan fingerprint density at radius 3 is 2.30 bits per heavy atom. The number of fused-ring (bicyclic) bond motifs is 1. The molecule has 0 bridgehead atoms. The fraction of sp³-hybridized carbons (Fsp3) is 0.261. The Labute approximate surface area is 160 Å². The van der Waals surface area contributed by atoms with Crippen molar-refractivity contribution in [1.82, 2.24) is 9.80 Å². The van der Waals surface area contributed by atoms with Crippen LogP contribution >= 0.6 is 0 Å². The van der Waals surface area contributed by atoms with Crippen LogP contribution < -0.4 is 5.73 Å². The Morgan fingerprint density at radius 2 is 1.56 bits per heavy atom. The first-order chi connectivity index (χ1) is 13.2. The molecule has 0 spiro atoms. The summed E-state index contributed by atoms with van der Waals surface area (Å²) in [5, 5.41) is 2.60. The van der Waals surface area contributed by atoms with Crippen molar-refractivity contribution in [3.8, 4) is 0 Å². The number of nitrogens with zero attached hydrogens (tertiary/aromatic N) is 2. The molecule has 4 nitrogen and oxygen atoms in total. The molecule has 1 aliphatic heterocycles. The Kier molecular flexibility index (Phi) is 5.19. The van der Waals surface area contributed by atoms with Gasteiger partial charge in [-0.2, -0.15) is 0 Å². The molecule has 27 heavy (non-hydrogen) atoms. The molecule has 1 saturated heterocycles. The van der Waals surface area contributed by atoms with Crippen molar-refractivity contribution in [3.63, 3.8) is 0 Å². The molecule has 1 aliphatic rings. The van der Waals surface area contributed by atoms with E-state index in [0.29, 0.717) is 6.54 Å². The van der Waals surface area contributed by atoms with Gasteiger partial charge in [0.1, 0.15) is 0 Å². The quantitative estimate of drug-likeness (QED) is 0.778. The molecular weight excluding hydrogens is 334 g/mol. The van der Waals surface area contributed by atoms with E-state index in [1.165, 1.54) is 16.3 Å². The number of amides is 1. The van der Waals surface area contributed by atoms with E-state index in [0.717, 1.165) is 43.9 Å². The third kappa shape index (κ3) is 3.87. The maximum absolute atomic E-state index is 12.7. The number of carbonyl (C=O) groups excluding carboxylic acids is 1. The zero-order valence-electron chi connectivity index (χ0n) is 15.5. The first kappa shape index (κ1) is 17.7. The number of hydrogen-bond acceptors (Lipinski definition) is 3. The van der Waals surface area contributed by atoms with E-state index in [2.05, 4.69) is 47.4 Å². The van der Waals surface area contributed by atoms with Gasteiger partial charge in [-0.3, -0.25) is 9.69 Å². The van der Waals surface area contributed by atoms with Gasteiger partial charge in [0.25, 0.3) is 5.91 Å². The summed E-state index contributed by atoms with van der Waals surface area (Å²) in [7, 11) is 0. The van der Waals surface area contributed by atoms with E-state index >= 15 is 0 Å². The summed E-state index contributed by atoms with van der Waals surface area (Å²) in [6.45, 7) is 4.76. The zero-order valence-corrected chi connectivity index (χ0v) is 15.5. The molecule has 1 amide bonds. The fourth-order valence-corrected chi connectivity index (χ4v) is 3.75. The molecule has 0 atom stereocenters. The highest BCUT2D eigenvalue weighted by Crippen LogP contribution is 2.21. The second-order valence-corrected chi connectivity index (χ2v) is 7.11. The fourth-order valence-electron chi connectivity index (χ4n) is 3.75. The Balaban J connectivity index is 1.39. The second-order valence-electron chi connectivity index (χ2n) is 7.11. The highest BCUT2D eigenvalue weighted by molar-refractivity contribution is 5.94. The van der Waals surface area contributed by atoms with Gasteiger partial charge in [-0.05, 0) is 34.0 Å². The number of carbonyl (C=O) groups is 1. The van der Waals surface area contributed by atoms with E-state index in [4.69, 9.17) is 5.73 Å². The normalized spacial score (nSPS) is 15.2. The molecule has 4 heteroatoms. The maximum Gasteiger partial charge on any atom is 0.253 e. The molecular formula is C23H25N3O. The number of benzene rings is 3. The minimum Gasteiger partial charge on any atom is -0.336 e. The average molecular weight is 359 g/mol. The largest absolute Gasteiger partial charge is 0.336 e. The van der Waals surface area contributed by atoms with Gasteiger partial charge < -0.3 is 10.6 Å². The van der Waals surface area contributed by atoms with Gasteiger partial charge in [0, 0.05) is 44.8 Å². The molecule has 1 heterocycles. The molecule has 2 N–H and O–H groups in total. The number of piperazine rings is 1. The molecule has 0 aliphatic carbocycles. The third-order valence-corrected chi connectivity index (χ3v) is 5.37. The number of hydrogen-bond donors (Lipinski definition) is 1. The van der Waals surface area contributed by atoms with Crippen LogP contribution in [0.1, 0.15) is 21.5 Å². The Bertz CT molecular complexity index is 923. The van der Waals surface area contributed by atoms with Crippen LogP contribution in [0.3, 0.4) is 0 Å². The van der Waals surface area contributed by atoms with E-state index < -0.39 is 0 Å². The Hall–Kier alpha value is -2.69. The summed E-state index contributed by atoms with van der Waals surface area (Å²) in [4.78, 5) is 17.1. The molecule has 4 rings (SSSR count).